The van der Waals surface area contributed by atoms with Crippen LogP contribution in [-0.2, 0) is 0 Å². The summed E-state index contributed by atoms with van der Waals surface area (Å²) in [5, 5.41) is 20.4. The van der Waals surface area contributed by atoms with Crippen LogP contribution in [-0.4, -0.2) is 28.6 Å². The zero-order valence-corrected chi connectivity index (χ0v) is 11.6. The smallest absolute Gasteiger partial charge is 0.342 e. The second-order valence-electron chi connectivity index (χ2n) is 5.38. The van der Waals surface area contributed by atoms with Crippen LogP contribution in [0.3, 0.4) is 0 Å². The van der Waals surface area contributed by atoms with Gasteiger partial charge >= 0.3 is 11.7 Å². The number of rotatable bonds is 4. The van der Waals surface area contributed by atoms with Crippen LogP contribution in [0.4, 0.5) is 11.4 Å². The molecule has 0 amide bonds. The number of para-hydroxylation sites is 1. The van der Waals surface area contributed by atoms with Crippen molar-refractivity contribution in [2.45, 2.75) is 32.7 Å². The third-order valence-corrected chi connectivity index (χ3v) is 3.81. The Morgan fingerprint density at radius 2 is 2.20 bits per heavy atom. The van der Waals surface area contributed by atoms with Crippen LogP contribution in [0.5, 0.6) is 0 Å². The van der Waals surface area contributed by atoms with Crippen LogP contribution >= 0.6 is 0 Å². The lowest BCUT2D eigenvalue weighted by molar-refractivity contribution is -0.384. The van der Waals surface area contributed by atoms with E-state index in [1.807, 2.05) is 4.90 Å². The standard InChI is InChI=1S/C14H18N2O4/c1-9(2)11-7-4-8-15(11)12-6-3-5-10(14(17)18)13(12)16(19)20/h3,5-6,9,11H,4,7-8H2,1-2H3,(H,17,18). The lowest BCUT2D eigenvalue weighted by Gasteiger charge is -2.29. The molecule has 1 unspecified atom stereocenters. The summed E-state index contributed by atoms with van der Waals surface area (Å²) in [6.07, 6.45) is 1.95. The molecule has 0 spiro atoms. The molecule has 108 valence electrons. The van der Waals surface area contributed by atoms with Crippen molar-refractivity contribution in [3.05, 3.63) is 33.9 Å². The second-order valence-corrected chi connectivity index (χ2v) is 5.38. The van der Waals surface area contributed by atoms with Crippen molar-refractivity contribution in [1.82, 2.24) is 0 Å². The van der Waals surface area contributed by atoms with Gasteiger partial charge in [0, 0.05) is 12.6 Å². The van der Waals surface area contributed by atoms with Gasteiger partial charge in [0.15, 0.2) is 0 Å². The van der Waals surface area contributed by atoms with E-state index < -0.39 is 10.9 Å². The SMILES string of the molecule is CC(C)C1CCCN1c1cccc(C(=O)O)c1[N+](=O)[O-]. The first-order chi connectivity index (χ1) is 9.43. The third-order valence-electron chi connectivity index (χ3n) is 3.81. The van der Waals surface area contributed by atoms with Crippen LogP contribution in [0.25, 0.3) is 0 Å². The van der Waals surface area contributed by atoms with Crippen molar-refractivity contribution in [2.75, 3.05) is 11.4 Å². The molecule has 1 aromatic rings. The molecule has 1 N–H and O–H groups in total. The van der Waals surface area contributed by atoms with Gasteiger partial charge in [-0.05, 0) is 30.9 Å². The summed E-state index contributed by atoms with van der Waals surface area (Å²) in [7, 11) is 0. The maximum atomic E-state index is 11.3. The Balaban J connectivity index is 2.54. The quantitative estimate of drug-likeness (QED) is 0.676. The lowest BCUT2D eigenvalue weighted by Crippen LogP contribution is -2.34. The highest BCUT2D eigenvalue weighted by molar-refractivity contribution is 5.95. The fourth-order valence-corrected chi connectivity index (χ4v) is 2.91. The highest BCUT2D eigenvalue weighted by Crippen LogP contribution is 2.37. The van der Waals surface area contributed by atoms with Crippen molar-refractivity contribution >= 4 is 17.3 Å². The Morgan fingerprint density at radius 1 is 1.50 bits per heavy atom. The number of anilines is 1. The monoisotopic (exact) mass is 278 g/mol. The summed E-state index contributed by atoms with van der Waals surface area (Å²) >= 11 is 0. The second kappa shape index (κ2) is 5.48. The third kappa shape index (κ3) is 2.45. The summed E-state index contributed by atoms with van der Waals surface area (Å²) in [4.78, 5) is 23.9. The van der Waals surface area contributed by atoms with E-state index in [4.69, 9.17) is 5.11 Å². The first kappa shape index (κ1) is 14.3. The van der Waals surface area contributed by atoms with Gasteiger partial charge in [0.1, 0.15) is 11.3 Å². The van der Waals surface area contributed by atoms with E-state index in [2.05, 4.69) is 13.8 Å². The summed E-state index contributed by atoms with van der Waals surface area (Å²) in [6.45, 7) is 4.89. The molecule has 6 nitrogen and oxygen atoms in total. The molecule has 0 aromatic heterocycles. The molecule has 0 radical (unpaired) electrons. The maximum Gasteiger partial charge on any atom is 0.342 e. The highest BCUT2D eigenvalue weighted by atomic mass is 16.6. The van der Waals surface area contributed by atoms with E-state index in [0.29, 0.717) is 11.6 Å². The van der Waals surface area contributed by atoms with Gasteiger partial charge in [-0.2, -0.15) is 0 Å². The largest absolute Gasteiger partial charge is 0.477 e. The van der Waals surface area contributed by atoms with Gasteiger partial charge in [-0.25, -0.2) is 4.79 Å². The zero-order chi connectivity index (χ0) is 14.9. The van der Waals surface area contributed by atoms with Crippen LogP contribution in [0, 0.1) is 16.0 Å². The fourth-order valence-electron chi connectivity index (χ4n) is 2.91. The van der Waals surface area contributed by atoms with Crippen molar-refractivity contribution in [1.29, 1.82) is 0 Å². The Kier molecular flexibility index (Phi) is 3.92. The molecule has 2 rings (SSSR count). The van der Waals surface area contributed by atoms with Crippen LogP contribution in [0.1, 0.15) is 37.0 Å². The molecule has 1 aliphatic rings. The molecular formula is C14H18N2O4. The lowest BCUT2D eigenvalue weighted by atomic mass is 10.0. The molecule has 1 fully saturated rings. The first-order valence-electron chi connectivity index (χ1n) is 6.70. The molecule has 6 heteroatoms. The van der Waals surface area contributed by atoms with Crippen molar-refractivity contribution in [3.8, 4) is 0 Å². The number of carboxylic acids is 1. The van der Waals surface area contributed by atoms with Gasteiger partial charge in [0.2, 0.25) is 0 Å². The molecule has 0 aliphatic carbocycles. The van der Waals surface area contributed by atoms with Crippen LogP contribution < -0.4 is 4.90 Å². The van der Waals surface area contributed by atoms with E-state index in [9.17, 15) is 14.9 Å². The topological polar surface area (TPSA) is 83.7 Å². The van der Waals surface area contributed by atoms with E-state index in [0.717, 1.165) is 19.4 Å². The van der Waals surface area contributed by atoms with E-state index >= 15 is 0 Å². The molecule has 1 saturated heterocycles. The number of carbonyl (C=O) groups is 1. The van der Waals surface area contributed by atoms with E-state index in [-0.39, 0.29) is 17.3 Å². The number of nitro groups is 1. The fraction of sp³-hybridized carbons (Fsp3) is 0.500. The van der Waals surface area contributed by atoms with Crippen molar-refractivity contribution in [2.24, 2.45) is 5.92 Å². The number of aromatic carboxylic acids is 1. The first-order valence-corrected chi connectivity index (χ1v) is 6.70. The summed E-state index contributed by atoms with van der Waals surface area (Å²) in [6, 6.07) is 4.72. The van der Waals surface area contributed by atoms with Crippen molar-refractivity contribution in [3.63, 3.8) is 0 Å². The highest BCUT2D eigenvalue weighted by Gasteiger charge is 2.34. The Hall–Kier alpha value is -2.11. The minimum Gasteiger partial charge on any atom is -0.477 e. The Bertz CT molecular complexity index is 542. The molecular weight excluding hydrogens is 260 g/mol. The average molecular weight is 278 g/mol. The number of hydrogen-bond donors (Lipinski definition) is 1. The predicted molar refractivity (Wildman–Crippen MR) is 75.3 cm³/mol. The molecule has 1 aliphatic heterocycles. The van der Waals surface area contributed by atoms with Gasteiger partial charge < -0.3 is 10.0 Å². The van der Waals surface area contributed by atoms with Gasteiger partial charge in [-0.1, -0.05) is 19.9 Å². The van der Waals surface area contributed by atoms with Gasteiger partial charge in [-0.15, -0.1) is 0 Å². The normalized spacial score (nSPS) is 18.6. The predicted octanol–water partition coefficient (Wildman–Crippen LogP) is 2.92. The van der Waals surface area contributed by atoms with Crippen LogP contribution in [0.15, 0.2) is 18.2 Å². The van der Waals surface area contributed by atoms with Crippen LogP contribution in [0.2, 0.25) is 0 Å². The molecule has 0 saturated carbocycles. The molecule has 1 heterocycles. The Morgan fingerprint density at radius 3 is 2.75 bits per heavy atom. The van der Waals surface area contributed by atoms with E-state index in [1.54, 1.807) is 12.1 Å². The zero-order valence-electron chi connectivity index (χ0n) is 11.6. The summed E-state index contributed by atoms with van der Waals surface area (Å²) in [5.41, 5.74) is -0.124. The molecule has 1 aromatic carbocycles. The minimum absolute atomic E-state index is 0.220. The summed E-state index contributed by atoms with van der Waals surface area (Å²) < 4.78 is 0. The van der Waals surface area contributed by atoms with Gasteiger partial charge in [0.25, 0.3) is 0 Å². The summed E-state index contributed by atoms with van der Waals surface area (Å²) in [5.74, 6) is -0.899. The number of nitro benzene ring substituents is 1. The maximum absolute atomic E-state index is 11.3. The Labute approximate surface area is 117 Å². The minimum atomic E-state index is -1.26. The molecule has 1 atom stereocenters. The van der Waals surface area contributed by atoms with E-state index in [1.165, 1.54) is 6.07 Å². The van der Waals surface area contributed by atoms with Crippen molar-refractivity contribution < 1.29 is 14.8 Å². The number of carboxylic acid groups (broad SMARTS) is 1. The molecule has 20 heavy (non-hydrogen) atoms. The van der Waals surface area contributed by atoms with Gasteiger partial charge in [0.05, 0.1) is 4.92 Å². The number of nitrogens with zero attached hydrogens (tertiary/aromatic N) is 2. The number of hydrogen-bond acceptors (Lipinski definition) is 4. The molecule has 0 bridgehead atoms. The van der Waals surface area contributed by atoms with Gasteiger partial charge in [-0.3, -0.25) is 10.1 Å². The average Bonchev–Trinajstić information content (AvgIpc) is 2.86. The number of benzene rings is 1.